The third-order valence-corrected chi connectivity index (χ3v) is 3.88. The van der Waals surface area contributed by atoms with Crippen LogP contribution < -0.4 is 0 Å². The minimum Gasteiger partial charge on any atom is -0.481 e. The monoisotopic (exact) mass is 294 g/mol. The van der Waals surface area contributed by atoms with Crippen molar-refractivity contribution in [1.29, 1.82) is 0 Å². The molecule has 1 saturated heterocycles. The van der Waals surface area contributed by atoms with E-state index in [1.165, 1.54) is 0 Å². The van der Waals surface area contributed by atoms with Gasteiger partial charge in [0.05, 0.1) is 19.3 Å². The molecule has 0 saturated carbocycles. The van der Waals surface area contributed by atoms with Crippen molar-refractivity contribution in [2.45, 2.75) is 32.9 Å². The Balaban J connectivity index is 2.22. The van der Waals surface area contributed by atoms with Gasteiger partial charge in [0.2, 0.25) is 0 Å². The maximum absolute atomic E-state index is 12.7. The van der Waals surface area contributed by atoms with E-state index in [0.29, 0.717) is 12.2 Å². The van der Waals surface area contributed by atoms with E-state index in [1.54, 1.807) is 11.0 Å². The van der Waals surface area contributed by atoms with E-state index < -0.39 is 17.9 Å². The van der Waals surface area contributed by atoms with E-state index in [1.807, 2.05) is 23.8 Å². The molecule has 6 heteroatoms. The summed E-state index contributed by atoms with van der Waals surface area (Å²) in [6.45, 7) is 5.60. The number of carbonyl (C=O) groups is 2. The molecule has 1 N–H and O–H groups in total. The lowest BCUT2D eigenvalue weighted by molar-refractivity contribution is -0.142. The second-order valence-corrected chi connectivity index (χ2v) is 5.23. The molecule has 0 aliphatic carbocycles. The van der Waals surface area contributed by atoms with Crippen molar-refractivity contribution < 1.29 is 19.4 Å². The molecule has 6 nitrogen and oxygen atoms in total. The van der Waals surface area contributed by atoms with Gasteiger partial charge in [0.25, 0.3) is 5.91 Å². The van der Waals surface area contributed by atoms with Crippen molar-refractivity contribution in [2.75, 3.05) is 19.8 Å². The highest BCUT2D eigenvalue weighted by atomic mass is 16.5. The first-order valence-corrected chi connectivity index (χ1v) is 7.36. The van der Waals surface area contributed by atoms with E-state index in [-0.39, 0.29) is 19.1 Å². The fraction of sp³-hybridized carbons (Fsp3) is 0.600. The van der Waals surface area contributed by atoms with E-state index in [4.69, 9.17) is 4.74 Å². The maximum Gasteiger partial charge on any atom is 0.311 e. The van der Waals surface area contributed by atoms with Gasteiger partial charge in [-0.1, -0.05) is 6.92 Å². The van der Waals surface area contributed by atoms with Crippen molar-refractivity contribution in [3.63, 3.8) is 0 Å². The third-order valence-electron chi connectivity index (χ3n) is 3.88. The number of carboxylic acid groups (broad SMARTS) is 1. The summed E-state index contributed by atoms with van der Waals surface area (Å²) in [6, 6.07) is 3.23. The van der Waals surface area contributed by atoms with Crippen LogP contribution in [-0.4, -0.2) is 52.3 Å². The van der Waals surface area contributed by atoms with E-state index in [2.05, 4.69) is 6.92 Å². The summed E-state index contributed by atoms with van der Waals surface area (Å²) in [5.74, 6) is -1.69. The zero-order chi connectivity index (χ0) is 15.4. The lowest BCUT2D eigenvalue weighted by Gasteiger charge is -2.29. The first-order valence-electron chi connectivity index (χ1n) is 7.36. The number of aromatic nitrogens is 1. The van der Waals surface area contributed by atoms with Gasteiger partial charge in [0, 0.05) is 19.3 Å². The summed E-state index contributed by atoms with van der Waals surface area (Å²) >= 11 is 0. The average Bonchev–Trinajstić information content (AvgIpc) is 3.08. The van der Waals surface area contributed by atoms with Crippen LogP contribution in [0.2, 0.25) is 0 Å². The quantitative estimate of drug-likeness (QED) is 0.862. The Morgan fingerprint density at radius 2 is 2.19 bits per heavy atom. The normalized spacial score (nSPS) is 21.4. The van der Waals surface area contributed by atoms with E-state index in [9.17, 15) is 14.7 Å². The molecule has 0 spiro atoms. The SMILES string of the molecule is CCCn1cccc1C(=O)N(CC)C1COCC1C(=O)O. The second-order valence-electron chi connectivity index (χ2n) is 5.23. The van der Waals surface area contributed by atoms with Crippen LogP contribution in [0.5, 0.6) is 0 Å². The van der Waals surface area contributed by atoms with E-state index >= 15 is 0 Å². The van der Waals surface area contributed by atoms with Gasteiger partial charge in [0.1, 0.15) is 11.6 Å². The van der Waals surface area contributed by atoms with Crippen LogP contribution in [0.4, 0.5) is 0 Å². The molecular weight excluding hydrogens is 272 g/mol. The van der Waals surface area contributed by atoms with Crippen LogP contribution in [-0.2, 0) is 16.1 Å². The van der Waals surface area contributed by atoms with Crippen molar-refractivity contribution >= 4 is 11.9 Å². The standard InChI is InChI=1S/C15H22N2O4/c1-3-7-16-8-5-6-12(16)14(18)17(4-2)13-10-21-9-11(13)15(19)20/h5-6,8,11,13H,3-4,7,9-10H2,1-2H3,(H,19,20). The highest BCUT2D eigenvalue weighted by Gasteiger charge is 2.40. The van der Waals surface area contributed by atoms with Gasteiger partial charge in [-0.25, -0.2) is 0 Å². The predicted octanol–water partition coefficient (Wildman–Crippen LogP) is 1.46. The highest BCUT2D eigenvalue weighted by molar-refractivity contribution is 5.93. The summed E-state index contributed by atoms with van der Waals surface area (Å²) in [5, 5.41) is 9.26. The summed E-state index contributed by atoms with van der Waals surface area (Å²) in [7, 11) is 0. The van der Waals surface area contributed by atoms with Crippen LogP contribution >= 0.6 is 0 Å². The molecule has 21 heavy (non-hydrogen) atoms. The molecule has 0 bridgehead atoms. The molecule has 1 aromatic heterocycles. The van der Waals surface area contributed by atoms with Crippen LogP contribution in [0.15, 0.2) is 18.3 Å². The topological polar surface area (TPSA) is 71.8 Å². The second kappa shape index (κ2) is 6.76. The lowest BCUT2D eigenvalue weighted by atomic mass is 10.0. The minimum absolute atomic E-state index is 0.127. The van der Waals surface area contributed by atoms with E-state index in [0.717, 1.165) is 13.0 Å². The predicted molar refractivity (Wildman–Crippen MR) is 77.2 cm³/mol. The van der Waals surface area contributed by atoms with Crippen molar-refractivity contribution in [1.82, 2.24) is 9.47 Å². The number of carboxylic acids is 1. The number of rotatable bonds is 6. The largest absolute Gasteiger partial charge is 0.481 e. The summed E-state index contributed by atoms with van der Waals surface area (Å²) in [4.78, 5) is 25.7. The molecule has 0 aromatic carbocycles. The Kier molecular flexibility index (Phi) is 5.01. The van der Waals surface area contributed by atoms with Gasteiger partial charge in [-0.2, -0.15) is 0 Å². The van der Waals surface area contributed by atoms with Crippen LogP contribution in [0, 0.1) is 5.92 Å². The minimum atomic E-state index is -0.910. The van der Waals surface area contributed by atoms with Crippen molar-refractivity contribution in [3.8, 4) is 0 Å². The van der Waals surface area contributed by atoms with Crippen LogP contribution in [0.3, 0.4) is 0 Å². The highest BCUT2D eigenvalue weighted by Crippen LogP contribution is 2.22. The maximum atomic E-state index is 12.7. The number of aryl methyl sites for hydroxylation is 1. The van der Waals surface area contributed by atoms with Gasteiger partial charge >= 0.3 is 5.97 Å². The Hall–Kier alpha value is -1.82. The number of hydrogen-bond acceptors (Lipinski definition) is 3. The Morgan fingerprint density at radius 1 is 1.43 bits per heavy atom. The number of amides is 1. The number of carbonyl (C=O) groups excluding carboxylic acids is 1. The molecule has 1 fully saturated rings. The van der Waals surface area contributed by atoms with Crippen molar-refractivity contribution in [3.05, 3.63) is 24.0 Å². The first-order chi connectivity index (χ1) is 10.1. The molecule has 1 aromatic rings. The van der Waals surface area contributed by atoms with Crippen LogP contribution in [0.1, 0.15) is 30.8 Å². The first kappa shape index (κ1) is 15.6. The van der Waals surface area contributed by atoms with Gasteiger partial charge < -0.3 is 19.3 Å². The van der Waals surface area contributed by atoms with Crippen molar-refractivity contribution in [2.24, 2.45) is 5.92 Å². The fourth-order valence-electron chi connectivity index (χ4n) is 2.81. The molecule has 116 valence electrons. The molecule has 2 atom stereocenters. The zero-order valence-corrected chi connectivity index (χ0v) is 12.5. The summed E-state index contributed by atoms with van der Waals surface area (Å²) in [6.07, 6.45) is 2.82. The molecule has 2 rings (SSSR count). The number of aliphatic carboxylic acids is 1. The molecule has 2 heterocycles. The number of ether oxygens (including phenoxy) is 1. The molecule has 1 aliphatic heterocycles. The molecular formula is C15H22N2O4. The van der Waals surface area contributed by atoms with Gasteiger partial charge in [-0.15, -0.1) is 0 Å². The van der Waals surface area contributed by atoms with Gasteiger partial charge in [0.15, 0.2) is 0 Å². The summed E-state index contributed by atoms with van der Waals surface area (Å²) in [5.41, 5.74) is 0.606. The summed E-state index contributed by atoms with van der Waals surface area (Å²) < 4.78 is 7.19. The molecule has 1 aliphatic rings. The number of hydrogen-bond donors (Lipinski definition) is 1. The molecule has 1 amide bonds. The Morgan fingerprint density at radius 3 is 2.81 bits per heavy atom. The van der Waals surface area contributed by atoms with Crippen LogP contribution in [0.25, 0.3) is 0 Å². The fourth-order valence-corrected chi connectivity index (χ4v) is 2.81. The Bertz CT molecular complexity index is 512. The molecule has 2 unspecified atom stereocenters. The van der Waals surface area contributed by atoms with Gasteiger partial charge in [-0.05, 0) is 25.5 Å². The lowest BCUT2D eigenvalue weighted by Crippen LogP contribution is -2.47. The van der Waals surface area contributed by atoms with Gasteiger partial charge in [-0.3, -0.25) is 9.59 Å². The third kappa shape index (κ3) is 3.10. The molecule has 0 radical (unpaired) electrons. The smallest absolute Gasteiger partial charge is 0.311 e. The average molecular weight is 294 g/mol. The Labute approximate surface area is 124 Å². The number of likely N-dealkylation sites (N-methyl/N-ethyl adjacent to an activating group) is 1. The number of nitrogens with zero attached hydrogens (tertiary/aromatic N) is 2. The zero-order valence-electron chi connectivity index (χ0n) is 12.5.